The zero-order valence-corrected chi connectivity index (χ0v) is 9.59. The summed E-state index contributed by atoms with van der Waals surface area (Å²) in [4.78, 5) is 11.1. The van der Waals surface area contributed by atoms with Crippen molar-refractivity contribution in [3.05, 3.63) is 35.9 Å². The molecule has 0 unspecified atom stereocenters. The molecular weight excluding hydrogens is 242 g/mol. The van der Waals surface area contributed by atoms with Crippen molar-refractivity contribution >= 4 is 21.8 Å². The molecule has 0 aliphatic carbocycles. The number of alkyl halides is 1. The van der Waals surface area contributed by atoms with E-state index < -0.39 is 0 Å². The van der Waals surface area contributed by atoms with Gasteiger partial charge in [-0.25, -0.2) is 0 Å². The summed E-state index contributed by atoms with van der Waals surface area (Å²) in [5.41, 5.74) is 1.26. The van der Waals surface area contributed by atoms with Crippen molar-refractivity contribution in [2.75, 3.05) is 11.9 Å². The third-order valence-corrected chi connectivity index (χ3v) is 2.30. The van der Waals surface area contributed by atoms with Gasteiger partial charge in [-0.15, -0.1) is 0 Å². The highest BCUT2D eigenvalue weighted by molar-refractivity contribution is 9.09. The molecule has 0 spiro atoms. The van der Waals surface area contributed by atoms with Gasteiger partial charge in [-0.2, -0.15) is 0 Å². The third kappa shape index (κ3) is 4.42. The highest BCUT2D eigenvalue weighted by atomic mass is 79.9. The predicted octanol–water partition coefficient (Wildman–Crippen LogP) is 2.13. The number of halogens is 1. The second kappa shape index (κ2) is 6.60. The molecule has 2 nitrogen and oxygen atoms in total. The molecule has 1 aromatic carbocycles. The molecule has 76 valence electrons. The number of amides is 1. The minimum atomic E-state index is 0.109. The van der Waals surface area contributed by atoms with Gasteiger partial charge in [0, 0.05) is 18.3 Å². The molecule has 3 heteroatoms. The van der Waals surface area contributed by atoms with Gasteiger partial charge in [0.05, 0.1) is 0 Å². The Bertz CT molecular complexity index is 274. The fourth-order valence-corrected chi connectivity index (χ4v) is 1.53. The van der Waals surface area contributed by atoms with Crippen LogP contribution in [0.15, 0.2) is 30.3 Å². The van der Waals surface area contributed by atoms with Crippen molar-refractivity contribution in [3.8, 4) is 0 Å². The van der Waals surface area contributed by atoms with Crippen molar-refractivity contribution in [3.63, 3.8) is 0 Å². The van der Waals surface area contributed by atoms with Gasteiger partial charge in [-0.3, -0.25) is 4.79 Å². The van der Waals surface area contributed by atoms with E-state index in [9.17, 15) is 4.79 Å². The Morgan fingerprint density at radius 1 is 1.29 bits per heavy atom. The van der Waals surface area contributed by atoms with Gasteiger partial charge in [0.25, 0.3) is 0 Å². The van der Waals surface area contributed by atoms with Crippen LogP contribution in [0.25, 0.3) is 0 Å². The van der Waals surface area contributed by atoms with Crippen LogP contribution in [0.4, 0.5) is 0 Å². The standard InChI is InChI=1S/C11H14BrNO/c12-8-6-11(14)13-9-7-10-4-2-1-3-5-10/h1-5H,6-9H2,(H,13,14). The molecule has 0 aromatic heterocycles. The SMILES string of the molecule is O=C(CCBr)NCCc1ccccc1. The van der Waals surface area contributed by atoms with Gasteiger partial charge in [-0.1, -0.05) is 46.3 Å². The molecule has 0 aliphatic rings. The number of carbonyl (C=O) groups is 1. The molecule has 1 rings (SSSR count). The van der Waals surface area contributed by atoms with Gasteiger partial charge in [0.1, 0.15) is 0 Å². The summed E-state index contributed by atoms with van der Waals surface area (Å²) in [5, 5.41) is 3.59. The van der Waals surface area contributed by atoms with Crippen LogP contribution >= 0.6 is 15.9 Å². The molecule has 0 bridgehead atoms. The lowest BCUT2D eigenvalue weighted by molar-refractivity contribution is -0.120. The van der Waals surface area contributed by atoms with Gasteiger partial charge in [0.15, 0.2) is 0 Å². The summed E-state index contributed by atoms with van der Waals surface area (Å²) in [5.74, 6) is 0.109. The van der Waals surface area contributed by atoms with E-state index in [1.807, 2.05) is 18.2 Å². The van der Waals surface area contributed by atoms with Crippen LogP contribution in [0.3, 0.4) is 0 Å². The van der Waals surface area contributed by atoms with E-state index in [0.29, 0.717) is 6.42 Å². The first-order chi connectivity index (χ1) is 6.83. The molecule has 0 radical (unpaired) electrons. The summed E-state index contributed by atoms with van der Waals surface area (Å²) in [6, 6.07) is 10.1. The van der Waals surface area contributed by atoms with Crippen molar-refractivity contribution in [1.82, 2.24) is 5.32 Å². The van der Waals surface area contributed by atoms with Crippen LogP contribution < -0.4 is 5.32 Å². The first-order valence-electron chi connectivity index (χ1n) is 4.69. The van der Waals surface area contributed by atoms with Gasteiger partial charge in [0.2, 0.25) is 5.91 Å². The highest BCUT2D eigenvalue weighted by Gasteiger charge is 1.98. The molecule has 1 aromatic rings. The first kappa shape index (κ1) is 11.2. The normalized spacial score (nSPS) is 9.79. The van der Waals surface area contributed by atoms with E-state index in [1.54, 1.807) is 0 Å². The summed E-state index contributed by atoms with van der Waals surface area (Å²) >= 11 is 3.23. The van der Waals surface area contributed by atoms with E-state index in [1.165, 1.54) is 5.56 Å². The molecule has 0 atom stereocenters. The lowest BCUT2D eigenvalue weighted by atomic mass is 10.1. The Hall–Kier alpha value is -0.830. The van der Waals surface area contributed by atoms with Gasteiger partial charge in [-0.05, 0) is 12.0 Å². The van der Waals surface area contributed by atoms with Crippen molar-refractivity contribution < 1.29 is 4.79 Å². The maximum absolute atomic E-state index is 11.1. The van der Waals surface area contributed by atoms with Crippen LogP contribution in [0.1, 0.15) is 12.0 Å². The summed E-state index contributed by atoms with van der Waals surface area (Å²) in [6.45, 7) is 0.718. The average Bonchev–Trinajstić information content (AvgIpc) is 2.20. The quantitative estimate of drug-likeness (QED) is 0.803. The lowest BCUT2D eigenvalue weighted by Crippen LogP contribution is -2.25. The molecule has 0 saturated heterocycles. The fourth-order valence-electron chi connectivity index (χ4n) is 1.17. The molecule has 0 saturated carbocycles. The summed E-state index contributed by atoms with van der Waals surface area (Å²) < 4.78 is 0. The zero-order chi connectivity index (χ0) is 10.2. The molecule has 0 fully saturated rings. The minimum Gasteiger partial charge on any atom is -0.356 e. The Kier molecular flexibility index (Phi) is 5.30. The largest absolute Gasteiger partial charge is 0.356 e. The number of hydrogen-bond donors (Lipinski definition) is 1. The predicted molar refractivity (Wildman–Crippen MR) is 61.6 cm³/mol. The van der Waals surface area contributed by atoms with E-state index in [-0.39, 0.29) is 5.91 Å². The van der Waals surface area contributed by atoms with E-state index in [4.69, 9.17) is 0 Å². The topological polar surface area (TPSA) is 29.1 Å². The molecular formula is C11H14BrNO. The molecule has 1 N–H and O–H groups in total. The van der Waals surface area contributed by atoms with Crippen LogP contribution in [0.2, 0.25) is 0 Å². The maximum Gasteiger partial charge on any atom is 0.220 e. The first-order valence-corrected chi connectivity index (χ1v) is 5.81. The molecule has 1 amide bonds. The van der Waals surface area contributed by atoms with Crippen molar-refractivity contribution in [1.29, 1.82) is 0 Å². The Balaban J connectivity index is 2.19. The van der Waals surface area contributed by atoms with Crippen LogP contribution in [0.5, 0.6) is 0 Å². The van der Waals surface area contributed by atoms with Crippen LogP contribution in [0, 0.1) is 0 Å². The highest BCUT2D eigenvalue weighted by Crippen LogP contribution is 1.98. The summed E-state index contributed by atoms with van der Waals surface area (Å²) in [7, 11) is 0. The second-order valence-electron chi connectivity index (χ2n) is 3.02. The number of benzene rings is 1. The lowest BCUT2D eigenvalue weighted by Gasteiger charge is -2.03. The Morgan fingerprint density at radius 2 is 2.00 bits per heavy atom. The minimum absolute atomic E-state index is 0.109. The molecule has 0 aliphatic heterocycles. The van der Waals surface area contributed by atoms with Crippen molar-refractivity contribution in [2.24, 2.45) is 0 Å². The van der Waals surface area contributed by atoms with E-state index >= 15 is 0 Å². The number of rotatable bonds is 5. The Labute approximate surface area is 92.8 Å². The van der Waals surface area contributed by atoms with E-state index in [2.05, 4.69) is 33.4 Å². The smallest absolute Gasteiger partial charge is 0.220 e. The van der Waals surface area contributed by atoms with Crippen LogP contribution in [-0.2, 0) is 11.2 Å². The monoisotopic (exact) mass is 255 g/mol. The zero-order valence-electron chi connectivity index (χ0n) is 8.00. The van der Waals surface area contributed by atoms with E-state index in [0.717, 1.165) is 18.3 Å². The summed E-state index contributed by atoms with van der Waals surface area (Å²) in [6.07, 6.45) is 1.45. The van der Waals surface area contributed by atoms with Crippen molar-refractivity contribution in [2.45, 2.75) is 12.8 Å². The van der Waals surface area contributed by atoms with Crippen LogP contribution in [-0.4, -0.2) is 17.8 Å². The number of carbonyl (C=O) groups excluding carboxylic acids is 1. The maximum atomic E-state index is 11.1. The molecule has 14 heavy (non-hydrogen) atoms. The molecule has 0 heterocycles. The second-order valence-corrected chi connectivity index (χ2v) is 3.82. The van der Waals surface area contributed by atoms with Gasteiger partial charge < -0.3 is 5.32 Å². The number of hydrogen-bond acceptors (Lipinski definition) is 1. The average molecular weight is 256 g/mol. The third-order valence-electron chi connectivity index (χ3n) is 1.90. The Morgan fingerprint density at radius 3 is 2.64 bits per heavy atom. The fraction of sp³-hybridized carbons (Fsp3) is 0.364. The number of nitrogens with one attached hydrogen (secondary N) is 1. The van der Waals surface area contributed by atoms with Gasteiger partial charge >= 0.3 is 0 Å².